The maximum absolute atomic E-state index is 9.43. The van der Waals surface area contributed by atoms with Gasteiger partial charge in [-0.2, -0.15) is 5.10 Å². The van der Waals surface area contributed by atoms with Crippen molar-refractivity contribution in [2.75, 3.05) is 0 Å². The average Bonchev–Trinajstić information content (AvgIpc) is 2.64. The molecule has 1 atom stereocenters. The zero-order valence-electron chi connectivity index (χ0n) is 9.18. The molecule has 0 fully saturated rings. The van der Waals surface area contributed by atoms with Crippen LogP contribution in [0.5, 0.6) is 0 Å². The van der Waals surface area contributed by atoms with Crippen LogP contribution < -0.4 is 0 Å². The molecule has 1 unspecified atom stereocenters. The van der Waals surface area contributed by atoms with E-state index in [1.165, 1.54) is 0 Å². The topological polar surface area (TPSA) is 38.0 Å². The van der Waals surface area contributed by atoms with E-state index < -0.39 is 6.10 Å². The standard InChI is InChI=1S/C12H13ClN2O/c1-8-6-14-15(7-8)12-4-3-10(9(2)16)5-11(12)13/h3-7,9,16H,1-2H3. The average molecular weight is 237 g/mol. The van der Waals surface area contributed by atoms with Crippen LogP contribution in [0.1, 0.15) is 24.2 Å². The van der Waals surface area contributed by atoms with E-state index in [1.807, 2.05) is 25.3 Å². The Balaban J connectivity index is 2.44. The van der Waals surface area contributed by atoms with Crippen molar-refractivity contribution >= 4 is 11.6 Å². The van der Waals surface area contributed by atoms with Crippen molar-refractivity contribution < 1.29 is 5.11 Å². The predicted molar refractivity (Wildman–Crippen MR) is 63.9 cm³/mol. The third-order valence-corrected chi connectivity index (χ3v) is 2.72. The zero-order valence-corrected chi connectivity index (χ0v) is 9.94. The van der Waals surface area contributed by atoms with Gasteiger partial charge in [-0.3, -0.25) is 0 Å². The summed E-state index contributed by atoms with van der Waals surface area (Å²) < 4.78 is 1.73. The molecule has 2 rings (SSSR count). The summed E-state index contributed by atoms with van der Waals surface area (Å²) >= 11 is 6.15. The predicted octanol–water partition coefficient (Wildman–Crippen LogP) is 2.89. The van der Waals surface area contributed by atoms with Crippen LogP contribution in [0.2, 0.25) is 5.02 Å². The summed E-state index contributed by atoms with van der Waals surface area (Å²) in [6, 6.07) is 5.47. The van der Waals surface area contributed by atoms with Gasteiger partial charge in [-0.25, -0.2) is 4.68 Å². The third-order valence-electron chi connectivity index (χ3n) is 2.41. The van der Waals surface area contributed by atoms with Crippen LogP contribution in [0.25, 0.3) is 5.69 Å². The van der Waals surface area contributed by atoms with Gasteiger partial charge in [0.05, 0.1) is 23.0 Å². The molecule has 0 bridgehead atoms. The summed E-state index contributed by atoms with van der Waals surface area (Å²) in [5.74, 6) is 0. The van der Waals surface area contributed by atoms with E-state index in [4.69, 9.17) is 11.6 Å². The number of hydrogen-bond acceptors (Lipinski definition) is 2. The van der Waals surface area contributed by atoms with E-state index in [2.05, 4.69) is 5.10 Å². The summed E-state index contributed by atoms with van der Waals surface area (Å²) in [7, 11) is 0. The van der Waals surface area contributed by atoms with Crippen molar-refractivity contribution in [1.29, 1.82) is 0 Å². The van der Waals surface area contributed by atoms with Gasteiger partial charge in [-0.05, 0) is 37.1 Å². The highest BCUT2D eigenvalue weighted by atomic mass is 35.5. The van der Waals surface area contributed by atoms with E-state index in [0.717, 1.165) is 16.8 Å². The smallest absolute Gasteiger partial charge is 0.0832 e. The van der Waals surface area contributed by atoms with Crippen LogP contribution in [0.15, 0.2) is 30.6 Å². The quantitative estimate of drug-likeness (QED) is 0.871. The summed E-state index contributed by atoms with van der Waals surface area (Å²) in [5, 5.41) is 14.2. The second-order valence-corrected chi connectivity index (χ2v) is 4.26. The molecule has 2 aromatic rings. The molecule has 1 aromatic heterocycles. The van der Waals surface area contributed by atoms with Crippen LogP contribution >= 0.6 is 11.6 Å². The minimum atomic E-state index is -0.508. The number of aromatic nitrogens is 2. The van der Waals surface area contributed by atoms with Crippen molar-refractivity contribution in [2.45, 2.75) is 20.0 Å². The highest BCUT2D eigenvalue weighted by Crippen LogP contribution is 2.24. The van der Waals surface area contributed by atoms with Gasteiger partial charge in [0.2, 0.25) is 0 Å². The first-order valence-corrected chi connectivity index (χ1v) is 5.45. The lowest BCUT2D eigenvalue weighted by molar-refractivity contribution is 0.199. The first-order valence-electron chi connectivity index (χ1n) is 5.07. The zero-order chi connectivity index (χ0) is 11.7. The Labute approximate surface area is 99.3 Å². The lowest BCUT2D eigenvalue weighted by Gasteiger charge is -2.08. The van der Waals surface area contributed by atoms with Crippen molar-refractivity contribution in [3.63, 3.8) is 0 Å². The van der Waals surface area contributed by atoms with E-state index in [9.17, 15) is 5.11 Å². The molecule has 1 N–H and O–H groups in total. The fraction of sp³-hybridized carbons (Fsp3) is 0.250. The van der Waals surface area contributed by atoms with Gasteiger partial charge in [-0.15, -0.1) is 0 Å². The first-order chi connectivity index (χ1) is 7.58. The van der Waals surface area contributed by atoms with Crippen molar-refractivity contribution in [3.8, 4) is 5.69 Å². The molecule has 1 heterocycles. The number of halogens is 1. The second-order valence-electron chi connectivity index (χ2n) is 3.85. The van der Waals surface area contributed by atoms with E-state index >= 15 is 0 Å². The molecule has 0 amide bonds. The van der Waals surface area contributed by atoms with Crippen molar-refractivity contribution in [2.24, 2.45) is 0 Å². The molecule has 0 aliphatic heterocycles. The van der Waals surface area contributed by atoms with Gasteiger partial charge in [-0.1, -0.05) is 17.7 Å². The van der Waals surface area contributed by atoms with Gasteiger partial charge in [0.25, 0.3) is 0 Å². The fourth-order valence-electron chi connectivity index (χ4n) is 1.51. The van der Waals surface area contributed by atoms with Crippen LogP contribution in [0.3, 0.4) is 0 Å². The Hall–Kier alpha value is -1.32. The lowest BCUT2D eigenvalue weighted by atomic mass is 10.1. The monoisotopic (exact) mass is 236 g/mol. The summed E-state index contributed by atoms with van der Waals surface area (Å²) in [6.45, 7) is 3.69. The normalized spacial score (nSPS) is 12.8. The first kappa shape index (κ1) is 11.2. The second kappa shape index (κ2) is 4.28. The summed E-state index contributed by atoms with van der Waals surface area (Å²) in [5.41, 5.74) is 2.70. The number of aliphatic hydroxyl groups is 1. The summed E-state index contributed by atoms with van der Waals surface area (Å²) in [4.78, 5) is 0. The SMILES string of the molecule is Cc1cnn(-c2ccc(C(C)O)cc2Cl)c1. The van der Waals surface area contributed by atoms with Gasteiger partial charge in [0.1, 0.15) is 0 Å². The van der Waals surface area contributed by atoms with Crippen molar-refractivity contribution in [1.82, 2.24) is 9.78 Å². The fourth-order valence-corrected chi connectivity index (χ4v) is 1.79. The maximum atomic E-state index is 9.43. The Morgan fingerprint density at radius 3 is 2.69 bits per heavy atom. The largest absolute Gasteiger partial charge is 0.389 e. The number of aryl methyl sites for hydroxylation is 1. The van der Waals surface area contributed by atoms with Crippen LogP contribution in [0.4, 0.5) is 0 Å². The molecule has 3 nitrogen and oxygen atoms in total. The molecular weight excluding hydrogens is 224 g/mol. The van der Waals surface area contributed by atoms with Crippen molar-refractivity contribution in [3.05, 3.63) is 46.7 Å². The van der Waals surface area contributed by atoms with Gasteiger partial charge >= 0.3 is 0 Å². The summed E-state index contributed by atoms with van der Waals surface area (Å²) in [6.07, 6.45) is 3.17. The molecule has 84 valence electrons. The van der Waals surface area contributed by atoms with Gasteiger partial charge < -0.3 is 5.11 Å². The molecule has 1 aromatic carbocycles. The van der Waals surface area contributed by atoms with Crippen LogP contribution in [0, 0.1) is 6.92 Å². The Morgan fingerprint density at radius 2 is 2.19 bits per heavy atom. The van der Waals surface area contributed by atoms with Gasteiger partial charge in [0, 0.05) is 6.20 Å². The number of aliphatic hydroxyl groups excluding tert-OH is 1. The molecule has 0 spiro atoms. The van der Waals surface area contributed by atoms with Gasteiger partial charge in [0.15, 0.2) is 0 Å². The molecule has 4 heteroatoms. The Morgan fingerprint density at radius 1 is 1.44 bits per heavy atom. The van der Waals surface area contributed by atoms with Crippen LogP contribution in [-0.4, -0.2) is 14.9 Å². The minimum absolute atomic E-state index is 0.508. The molecule has 0 aliphatic rings. The number of benzene rings is 1. The number of hydrogen-bond donors (Lipinski definition) is 1. The number of nitrogens with zero attached hydrogens (tertiary/aromatic N) is 2. The highest BCUT2D eigenvalue weighted by molar-refractivity contribution is 6.32. The number of rotatable bonds is 2. The van der Waals surface area contributed by atoms with E-state index in [1.54, 1.807) is 23.9 Å². The molecule has 0 aliphatic carbocycles. The van der Waals surface area contributed by atoms with E-state index in [0.29, 0.717) is 5.02 Å². The Kier molecular flexibility index (Phi) is 2.99. The minimum Gasteiger partial charge on any atom is -0.389 e. The maximum Gasteiger partial charge on any atom is 0.0832 e. The molecule has 0 radical (unpaired) electrons. The lowest BCUT2D eigenvalue weighted by Crippen LogP contribution is -1.97. The molecular formula is C12H13ClN2O. The van der Waals surface area contributed by atoms with E-state index in [-0.39, 0.29) is 0 Å². The molecule has 0 saturated heterocycles. The molecule has 0 saturated carbocycles. The Bertz CT molecular complexity index is 505. The third kappa shape index (κ3) is 2.10. The highest BCUT2D eigenvalue weighted by Gasteiger charge is 2.07. The molecule has 16 heavy (non-hydrogen) atoms. The van der Waals surface area contributed by atoms with Crippen LogP contribution in [-0.2, 0) is 0 Å².